The van der Waals surface area contributed by atoms with Gasteiger partial charge in [-0.1, -0.05) is 6.07 Å². The zero-order chi connectivity index (χ0) is 14.5. The number of nitrogens with zero attached hydrogens (tertiary/aromatic N) is 1. The molecule has 0 unspecified atom stereocenters. The van der Waals surface area contributed by atoms with Crippen LogP contribution in [0.5, 0.6) is 0 Å². The number of aliphatic hydroxyl groups is 1. The molecular weight excluding hydrogens is 264 g/mol. The van der Waals surface area contributed by atoms with Gasteiger partial charge in [-0.15, -0.1) is 0 Å². The van der Waals surface area contributed by atoms with E-state index in [1.54, 1.807) is 11.0 Å². The van der Waals surface area contributed by atoms with Gasteiger partial charge in [-0.25, -0.2) is 8.78 Å². The van der Waals surface area contributed by atoms with Crippen LogP contribution in [0.25, 0.3) is 0 Å². The highest BCUT2D eigenvalue weighted by atomic mass is 19.2. The molecule has 2 rings (SSSR count). The summed E-state index contributed by atoms with van der Waals surface area (Å²) in [5.41, 5.74) is 0.700. The second-order valence-electron chi connectivity index (χ2n) is 5.21. The molecule has 1 fully saturated rings. The van der Waals surface area contributed by atoms with Gasteiger partial charge in [0.2, 0.25) is 5.91 Å². The number of benzene rings is 1. The van der Waals surface area contributed by atoms with Crippen LogP contribution in [0.15, 0.2) is 18.2 Å². The Balaban J connectivity index is 1.75. The topological polar surface area (TPSA) is 40.5 Å². The first kappa shape index (κ1) is 14.9. The van der Waals surface area contributed by atoms with Gasteiger partial charge in [0.05, 0.1) is 6.10 Å². The molecule has 0 radical (unpaired) electrons. The number of likely N-dealkylation sites (tertiary alicyclic amines) is 1. The monoisotopic (exact) mass is 283 g/mol. The molecule has 0 bridgehead atoms. The van der Waals surface area contributed by atoms with Gasteiger partial charge in [-0.3, -0.25) is 4.79 Å². The summed E-state index contributed by atoms with van der Waals surface area (Å²) in [7, 11) is 0. The first-order valence-corrected chi connectivity index (χ1v) is 6.96. The molecule has 1 aromatic carbocycles. The molecule has 1 aliphatic rings. The molecule has 1 aromatic rings. The SMILES string of the molecule is O=C(CCCc1ccc(F)c(F)c1)N1CCC(O)CC1. The Morgan fingerprint density at radius 2 is 1.95 bits per heavy atom. The Morgan fingerprint density at radius 1 is 1.25 bits per heavy atom. The second kappa shape index (κ2) is 6.79. The summed E-state index contributed by atoms with van der Waals surface area (Å²) >= 11 is 0. The molecule has 1 aliphatic heterocycles. The van der Waals surface area contributed by atoms with Crippen molar-refractivity contribution >= 4 is 5.91 Å². The Kier molecular flexibility index (Phi) is 5.06. The maximum atomic E-state index is 13.0. The molecule has 0 aromatic heterocycles. The van der Waals surface area contributed by atoms with Crippen LogP contribution in [0.1, 0.15) is 31.2 Å². The van der Waals surface area contributed by atoms with E-state index in [4.69, 9.17) is 0 Å². The Morgan fingerprint density at radius 3 is 2.60 bits per heavy atom. The first-order valence-electron chi connectivity index (χ1n) is 6.96. The van der Waals surface area contributed by atoms with Crippen LogP contribution in [-0.2, 0) is 11.2 Å². The minimum absolute atomic E-state index is 0.0690. The van der Waals surface area contributed by atoms with Crippen LogP contribution >= 0.6 is 0 Å². The summed E-state index contributed by atoms with van der Waals surface area (Å²) < 4.78 is 25.8. The molecule has 110 valence electrons. The highest BCUT2D eigenvalue weighted by Crippen LogP contribution is 2.14. The van der Waals surface area contributed by atoms with Crippen molar-refractivity contribution in [1.29, 1.82) is 0 Å². The van der Waals surface area contributed by atoms with E-state index in [2.05, 4.69) is 0 Å². The summed E-state index contributed by atoms with van der Waals surface area (Å²) in [5, 5.41) is 9.38. The molecular formula is C15H19F2NO2. The summed E-state index contributed by atoms with van der Waals surface area (Å²) in [6, 6.07) is 3.83. The minimum atomic E-state index is -0.850. The molecule has 20 heavy (non-hydrogen) atoms. The Bertz CT molecular complexity index is 471. The van der Waals surface area contributed by atoms with Gasteiger partial charge in [0, 0.05) is 19.5 Å². The van der Waals surface area contributed by atoms with Crippen LogP contribution < -0.4 is 0 Å². The predicted molar refractivity (Wildman–Crippen MR) is 71.1 cm³/mol. The van der Waals surface area contributed by atoms with Crippen molar-refractivity contribution < 1.29 is 18.7 Å². The molecule has 0 spiro atoms. The molecule has 0 saturated carbocycles. The largest absolute Gasteiger partial charge is 0.393 e. The number of piperidine rings is 1. The third-order valence-corrected chi connectivity index (χ3v) is 3.66. The lowest BCUT2D eigenvalue weighted by molar-refractivity contribution is -0.133. The van der Waals surface area contributed by atoms with Crippen molar-refractivity contribution in [3.63, 3.8) is 0 Å². The quantitative estimate of drug-likeness (QED) is 0.921. The lowest BCUT2D eigenvalue weighted by Gasteiger charge is -2.29. The lowest BCUT2D eigenvalue weighted by Crippen LogP contribution is -2.39. The maximum Gasteiger partial charge on any atom is 0.222 e. The van der Waals surface area contributed by atoms with Crippen LogP contribution in [0.4, 0.5) is 8.78 Å². The summed E-state index contributed by atoms with van der Waals surface area (Å²) in [6.45, 7) is 1.20. The third-order valence-electron chi connectivity index (χ3n) is 3.66. The van der Waals surface area contributed by atoms with Crippen molar-refractivity contribution in [1.82, 2.24) is 4.90 Å². The summed E-state index contributed by atoms with van der Waals surface area (Å²) in [6.07, 6.45) is 2.54. The van der Waals surface area contributed by atoms with Crippen molar-refractivity contribution in [2.24, 2.45) is 0 Å². The predicted octanol–water partition coefficient (Wildman–Crippen LogP) is 2.27. The zero-order valence-corrected chi connectivity index (χ0v) is 11.3. The second-order valence-corrected chi connectivity index (χ2v) is 5.21. The molecule has 0 atom stereocenters. The molecule has 1 amide bonds. The molecule has 3 nitrogen and oxygen atoms in total. The Hall–Kier alpha value is -1.49. The number of carbonyl (C=O) groups is 1. The van der Waals surface area contributed by atoms with Gasteiger partial charge in [-0.05, 0) is 43.4 Å². The van der Waals surface area contributed by atoms with Crippen molar-refractivity contribution in [2.75, 3.05) is 13.1 Å². The average molecular weight is 283 g/mol. The van der Waals surface area contributed by atoms with Gasteiger partial charge in [-0.2, -0.15) is 0 Å². The van der Waals surface area contributed by atoms with Crippen LogP contribution in [0.3, 0.4) is 0 Å². The number of amides is 1. The number of aliphatic hydroxyl groups excluding tert-OH is 1. The third kappa shape index (κ3) is 4.00. The smallest absolute Gasteiger partial charge is 0.222 e. The van der Waals surface area contributed by atoms with E-state index in [0.717, 1.165) is 6.07 Å². The highest BCUT2D eigenvalue weighted by molar-refractivity contribution is 5.76. The van der Waals surface area contributed by atoms with Gasteiger partial charge < -0.3 is 10.0 Å². The number of aryl methyl sites for hydroxylation is 1. The molecule has 0 aliphatic carbocycles. The summed E-state index contributed by atoms with van der Waals surface area (Å²) in [4.78, 5) is 13.7. The van der Waals surface area contributed by atoms with E-state index < -0.39 is 11.6 Å². The van der Waals surface area contributed by atoms with Crippen LogP contribution in [0, 0.1) is 11.6 Å². The number of hydrogen-bond acceptors (Lipinski definition) is 2. The number of rotatable bonds is 4. The van der Waals surface area contributed by atoms with Crippen molar-refractivity contribution in [2.45, 2.75) is 38.2 Å². The number of hydrogen-bond donors (Lipinski definition) is 1. The van der Waals surface area contributed by atoms with E-state index >= 15 is 0 Å². The lowest BCUT2D eigenvalue weighted by atomic mass is 10.1. The van der Waals surface area contributed by atoms with Gasteiger partial charge in [0.1, 0.15) is 0 Å². The van der Waals surface area contributed by atoms with E-state index in [0.29, 0.717) is 50.8 Å². The highest BCUT2D eigenvalue weighted by Gasteiger charge is 2.20. The molecule has 5 heteroatoms. The number of halogens is 2. The summed E-state index contributed by atoms with van der Waals surface area (Å²) in [5.74, 6) is -1.63. The van der Waals surface area contributed by atoms with E-state index in [9.17, 15) is 18.7 Å². The van der Waals surface area contributed by atoms with Crippen molar-refractivity contribution in [3.8, 4) is 0 Å². The standard InChI is InChI=1S/C15H19F2NO2/c16-13-5-4-11(10-14(13)17)2-1-3-15(20)18-8-6-12(19)7-9-18/h4-5,10,12,19H,1-3,6-9H2. The molecule has 1 heterocycles. The van der Waals surface area contributed by atoms with E-state index in [-0.39, 0.29) is 12.0 Å². The minimum Gasteiger partial charge on any atom is -0.393 e. The zero-order valence-electron chi connectivity index (χ0n) is 11.3. The van der Waals surface area contributed by atoms with Crippen LogP contribution in [0.2, 0.25) is 0 Å². The fraction of sp³-hybridized carbons (Fsp3) is 0.533. The molecule has 1 saturated heterocycles. The van der Waals surface area contributed by atoms with E-state index in [1.807, 2.05) is 0 Å². The number of carbonyl (C=O) groups excluding carboxylic acids is 1. The maximum absolute atomic E-state index is 13.0. The fourth-order valence-corrected chi connectivity index (χ4v) is 2.41. The van der Waals surface area contributed by atoms with E-state index in [1.165, 1.54) is 6.07 Å². The van der Waals surface area contributed by atoms with Gasteiger partial charge in [0.25, 0.3) is 0 Å². The van der Waals surface area contributed by atoms with Gasteiger partial charge in [0.15, 0.2) is 11.6 Å². The Labute approximate surface area is 117 Å². The van der Waals surface area contributed by atoms with Crippen LogP contribution in [-0.4, -0.2) is 35.1 Å². The van der Waals surface area contributed by atoms with Gasteiger partial charge >= 0.3 is 0 Å². The molecule has 1 N–H and O–H groups in total. The first-order chi connectivity index (χ1) is 9.56. The van der Waals surface area contributed by atoms with Crippen molar-refractivity contribution in [3.05, 3.63) is 35.4 Å². The average Bonchev–Trinajstić information content (AvgIpc) is 2.43. The fourth-order valence-electron chi connectivity index (χ4n) is 2.41. The normalized spacial score (nSPS) is 16.4.